The molecule has 1 aliphatic carbocycles. The van der Waals surface area contributed by atoms with Gasteiger partial charge in [0.2, 0.25) is 0 Å². The van der Waals surface area contributed by atoms with Crippen molar-refractivity contribution >= 4 is 28.4 Å². The van der Waals surface area contributed by atoms with Crippen LogP contribution in [0, 0.1) is 12.8 Å². The molecule has 0 atom stereocenters. The molecular weight excluding hydrogens is 492 g/mol. The number of hydrogen-bond donors (Lipinski definition) is 3. The molecule has 1 saturated carbocycles. The maximum Gasteiger partial charge on any atom is 0.267 e. The average molecular weight is 521 g/mol. The van der Waals surface area contributed by atoms with E-state index in [-0.39, 0.29) is 18.2 Å². The Morgan fingerprint density at radius 2 is 1.82 bits per heavy atom. The number of aromatic nitrogens is 4. The Bertz CT molecular complexity index is 1730. The lowest BCUT2D eigenvalue weighted by molar-refractivity contribution is 0.102. The minimum absolute atomic E-state index is 0.0526. The number of anilines is 2. The summed E-state index contributed by atoms with van der Waals surface area (Å²) in [6.07, 6.45) is 6.94. The van der Waals surface area contributed by atoms with Crippen LogP contribution in [0.5, 0.6) is 0 Å². The van der Waals surface area contributed by atoms with E-state index in [1.54, 1.807) is 24.4 Å². The van der Waals surface area contributed by atoms with E-state index in [4.69, 9.17) is 5.73 Å². The summed E-state index contributed by atoms with van der Waals surface area (Å²) in [5.74, 6) is 0.230. The Kier molecular flexibility index (Phi) is 6.20. The highest BCUT2D eigenvalue weighted by Crippen LogP contribution is 2.42. The molecule has 0 spiro atoms. The monoisotopic (exact) mass is 520 g/mol. The molecule has 6 rings (SSSR count). The number of carbonyl (C=O) groups is 1. The highest BCUT2D eigenvalue weighted by atomic mass is 16.3. The third-order valence-electron chi connectivity index (χ3n) is 7.46. The maximum atomic E-state index is 13.1. The molecular formula is C30H28N6O3. The molecule has 0 saturated heterocycles. The van der Waals surface area contributed by atoms with Crippen LogP contribution in [0.2, 0.25) is 0 Å². The van der Waals surface area contributed by atoms with Crippen molar-refractivity contribution in [2.24, 2.45) is 5.92 Å². The van der Waals surface area contributed by atoms with Gasteiger partial charge in [-0.1, -0.05) is 29.8 Å². The van der Waals surface area contributed by atoms with Gasteiger partial charge in [0, 0.05) is 42.0 Å². The van der Waals surface area contributed by atoms with Crippen LogP contribution in [-0.4, -0.2) is 36.7 Å². The highest BCUT2D eigenvalue weighted by Gasteiger charge is 2.32. The molecule has 2 aromatic carbocycles. The first kappa shape index (κ1) is 24.6. The summed E-state index contributed by atoms with van der Waals surface area (Å²) in [7, 11) is 0. The van der Waals surface area contributed by atoms with Crippen LogP contribution in [0.15, 0.2) is 84.2 Å². The predicted molar refractivity (Wildman–Crippen MR) is 151 cm³/mol. The number of aliphatic hydroxyl groups is 1. The molecule has 1 aliphatic rings. The lowest BCUT2D eigenvalue weighted by atomic mass is 9.81. The summed E-state index contributed by atoms with van der Waals surface area (Å²) < 4.78 is 3.59. The highest BCUT2D eigenvalue weighted by molar-refractivity contribution is 6.04. The number of pyridine rings is 1. The van der Waals surface area contributed by atoms with Crippen molar-refractivity contribution in [3.05, 3.63) is 101 Å². The number of amides is 1. The normalized spacial score (nSPS) is 16.7. The molecule has 9 nitrogen and oxygen atoms in total. The van der Waals surface area contributed by atoms with Crippen molar-refractivity contribution in [1.29, 1.82) is 0 Å². The zero-order chi connectivity index (χ0) is 27.1. The van der Waals surface area contributed by atoms with Gasteiger partial charge in [0.25, 0.3) is 11.5 Å². The zero-order valence-corrected chi connectivity index (χ0v) is 21.4. The zero-order valence-electron chi connectivity index (χ0n) is 21.4. The molecule has 3 aromatic heterocycles. The Balaban J connectivity index is 1.26. The summed E-state index contributed by atoms with van der Waals surface area (Å²) in [5, 5.41) is 13.1. The van der Waals surface area contributed by atoms with E-state index in [1.807, 2.05) is 49.5 Å². The molecule has 39 heavy (non-hydrogen) atoms. The van der Waals surface area contributed by atoms with Crippen molar-refractivity contribution in [2.45, 2.75) is 25.8 Å². The summed E-state index contributed by atoms with van der Waals surface area (Å²) in [6.45, 7) is 2.17. The number of nitrogens with one attached hydrogen (secondary N) is 1. The summed E-state index contributed by atoms with van der Waals surface area (Å²) in [5.41, 5.74) is 10.8. The van der Waals surface area contributed by atoms with Crippen LogP contribution < -0.4 is 16.6 Å². The second-order valence-electron chi connectivity index (χ2n) is 10.0. The van der Waals surface area contributed by atoms with Gasteiger partial charge >= 0.3 is 0 Å². The molecule has 0 bridgehead atoms. The fourth-order valence-electron chi connectivity index (χ4n) is 5.19. The summed E-state index contributed by atoms with van der Waals surface area (Å²) in [6, 6.07) is 18.4. The van der Waals surface area contributed by atoms with Crippen LogP contribution in [-0.2, 0) is 0 Å². The predicted octanol–water partition coefficient (Wildman–Crippen LogP) is 4.34. The van der Waals surface area contributed by atoms with E-state index >= 15 is 0 Å². The Morgan fingerprint density at radius 1 is 1.08 bits per heavy atom. The molecule has 4 N–H and O–H groups in total. The van der Waals surface area contributed by atoms with Gasteiger partial charge in [0.15, 0.2) is 0 Å². The number of carbonyl (C=O) groups excluding carboxylic acids is 1. The SMILES string of the molecule is Cc1ccc(-n2cccc(C(=O)Nc3ccc(-c4cn([C@H]5C[C@@H](CO)C5)c5ncnc(N)c45)cc3)c2=O)cc1. The molecule has 9 heteroatoms. The summed E-state index contributed by atoms with van der Waals surface area (Å²) >= 11 is 0. The van der Waals surface area contributed by atoms with Gasteiger partial charge in [0.05, 0.1) is 5.39 Å². The molecule has 1 amide bonds. The van der Waals surface area contributed by atoms with Crippen molar-refractivity contribution in [3.8, 4) is 16.8 Å². The van der Waals surface area contributed by atoms with Crippen LogP contribution in [0.4, 0.5) is 11.5 Å². The fourth-order valence-corrected chi connectivity index (χ4v) is 5.19. The van der Waals surface area contributed by atoms with Gasteiger partial charge in [0.1, 0.15) is 23.4 Å². The first-order valence-electron chi connectivity index (χ1n) is 12.9. The first-order chi connectivity index (χ1) is 18.9. The van der Waals surface area contributed by atoms with Crippen molar-refractivity contribution in [1.82, 2.24) is 19.1 Å². The number of fused-ring (bicyclic) bond motifs is 1. The van der Waals surface area contributed by atoms with Gasteiger partial charge < -0.3 is 20.7 Å². The smallest absolute Gasteiger partial charge is 0.267 e. The maximum absolute atomic E-state index is 13.1. The molecule has 0 radical (unpaired) electrons. The molecule has 0 unspecified atom stereocenters. The Morgan fingerprint density at radius 3 is 2.54 bits per heavy atom. The van der Waals surface area contributed by atoms with Crippen molar-refractivity contribution in [2.75, 3.05) is 17.7 Å². The summed E-state index contributed by atoms with van der Waals surface area (Å²) in [4.78, 5) is 34.8. The average Bonchev–Trinajstić information content (AvgIpc) is 3.30. The lowest BCUT2D eigenvalue weighted by Gasteiger charge is -2.35. The third kappa shape index (κ3) is 4.46. The largest absolute Gasteiger partial charge is 0.396 e. The van der Waals surface area contributed by atoms with Crippen LogP contribution in [0.25, 0.3) is 27.8 Å². The van der Waals surface area contributed by atoms with E-state index in [2.05, 4.69) is 19.9 Å². The lowest BCUT2D eigenvalue weighted by Crippen LogP contribution is -2.28. The number of benzene rings is 2. The third-order valence-corrected chi connectivity index (χ3v) is 7.46. The van der Waals surface area contributed by atoms with E-state index in [1.165, 1.54) is 17.0 Å². The number of rotatable bonds is 6. The van der Waals surface area contributed by atoms with Crippen LogP contribution >= 0.6 is 0 Å². The number of nitrogens with zero attached hydrogens (tertiary/aromatic N) is 4. The second kappa shape index (κ2) is 9.85. The fraction of sp³-hybridized carbons (Fsp3) is 0.200. The number of aliphatic hydroxyl groups excluding tert-OH is 1. The van der Waals surface area contributed by atoms with Gasteiger partial charge in [-0.05, 0) is 67.6 Å². The number of hydrogen-bond acceptors (Lipinski definition) is 6. The molecule has 5 aromatic rings. The van der Waals surface area contributed by atoms with Gasteiger partial charge in [-0.2, -0.15) is 0 Å². The van der Waals surface area contributed by atoms with Gasteiger partial charge in [-0.15, -0.1) is 0 Å². The molecule has 196 valence electrons. The van der Waals surface area contributed by atoms with Gasteiger partial charge in [-0.25, -0.2) is 9.97 Å². The van der Waals surface area contributed by atoms with E-state index in [9.17, 15) is 14.7 Å². The minimum atomic E-state index is -0.480. The number of aryl methyl sites for hydroxylation is 1. The standard InChI is InChI=1S/C30H28N6O3/c1-18-4-10-22(11-5-18)35-12-2-3-24(30(35)39)29(38)34-21-8-6-20(7-9-21)25-15-36(23-13-19(14-23)16-37)28-26(25)27(31)32-17-33-28/h2-12,15,17,19,23,37H,13-14,16H2,1H3,(H,34,38)(H2,31,32,33)/t19-,23+. The molecule has 1 fully saturated rings. The van der Waals surface area contributed by atoms with E-state index in [0.29, 0.717) is 23.1 Å². The minimum Gasteiger partial charge on any atom is -0.396 e. The van der Waals surface area contributed by atoms with Crippen molar-refractivity contribution in [3.63, 3.8) is 0 Å². The topological polar surface area (TPSA) is 128 Å². The quantitative estimate of drug-likeness (QED) is 0.306. The molecule has 3 heterocycles. The van der Waals surface area contributed by atoms with Crippen LogP contribution in [0.1, 0.15) is 34.8 Å². The number of nitrogens with two attached hydrogens (primary N) is 1. The van der Waals surface area contributed by atoms with E-state index in [0.717, 1.165) is 40.6 Å². The Labute approximate surface area is 224 Å². The number of nitrogen functional groups attached to an aromatic ring is 1. The van der Waals surface area contributed by atoms with Gasteiger partial charge in [-0.3, -0.25) is 14.2 Å². The van der Waals surface area contributed by atoms with E-state index < -0.39 is 11.5 Å². The second-order valence-corrected chi connectivity index (χ2v) is 10.0. The van der Waals surface area contributed by atoms with Crippen molar-refractivity contribution < 1.29 is 9.90 Å². The van der Waals surface area contributed by atoms with Crippen LogP contribution in [0.3, 0.4) is 0 Å². The molecule has 0 aliphatic heterocycles. The first-order valence-corrected chi connectivity index (χ1v) is 12.9. The Hall–Kier alpha value is -4.76.